The summed E-state index contributed by atoms with van der Waals surface area (Å²) in [6, 6.07) is 11.0. The minimum atomic E-state index is -0.0671. The topological polar surface area (TPSA) is 111 Å². The first-order chi connectivity index (χ1) is 15.5. The summed E-state index contributed by atoms with van der Waals surface area (Å²) < 4.78 is 12.6. The molecule has 1 aliphatic heterocycles. The number of hydrogen-bond donors (Lipinski definition) is 1. The van der Waals surface area contributed by atoms with E-state index in [4.69, 9.17) is 9.47 Å². The van der Waals surface area contributed by atoms with E-state index >= 15 is 0 Å². The average molecular weight is 438 g/mol. The van der Waals surface area contributed by atoms with Crippen LogP contribution in [0.3, 0.4) is 0 Å². The van der Waals surface area contributed by atoms with Gasteiger partial charge in [0, 0.05) is 37.6 Å². The third kappa shape index (κ3) is 4.79. The van der Waals surface area contributed by atoms with Gasteiger partial charge in [-0.3, -0.25) is 9.59 Å². The molecule has 1 N–H and O–H groups in total. The predicted octanol–water partition coefficient (Wildman–Crippen LogP) is 1.55. The Kier molecular flexibility index (Phi) is 6.48. The Morgan fingerprint density at radius 2 is 1.97 bits per heavy atom. The van der Waals surface area contributed by atoms with Crippen LogP contribution in [-0.4, -0.2) is 69.9 Å². The number of rotatable bonds is 7. The van der Waals surface area contributed by atoms with Crippen molar-refractivity contribution in [2.45, 2.75) is 19.8 Å². The minimum Gasteiger partial charge on any atom is -0.497 e. The van der Waals surface area contributed by atoms with E-state index in [2.05, 4.69) is 20.6 Å². The van der Waals surface area contributed by atoms with E-state index in [1.54, 1.807) is 35.6 Å². The van der Waals surface area contributed by atoms with Crippen molar-refractivity contribution >= 4 is 17.5 Å². The van der Waals surface area contributed by atoms with Crippen molar-refractivity contribution in [3.05, 3.63) is 36.4 Å². The number of hydrogen-bond acceptors (Lipinski definition) is 7. The minimum absolute atomic E-state index is 0.000617. The smallest absolute Gasteiger partial charge is 0.231 e. The molecule has 32 heavy (non-hydrogen) atoms. The normalized spacial score (nSPS) is 14.4. The van der Waals surface area contributed by atoms with Crippen molar-refractivity contribution in [3.8, 4) is 23.0 Å². The molecule has 0 radical (unpaired) electrons. The van der Waals surface area contributed by atoms with Crippen LogP contribution in [0.1, 0.15) is 19.8 Å². The molecule has 168 valence electrons. The zero-order chi connectivity index (χ0) is 22.5. The fourth-order valence-electron chi connectivity index (χ4n) is 3.72. The molecule has 2 aromatic heterocycles. The van der Waals surface area contributed by atoms with Crippen LogP contribution >= 0.6 is 0 Å². The summed E-state index contributed by atoms with van der Waals surface area (Å²) in [5, 5.41) is 15.8. The Balaban J connectivity index is 1.32. The maximum Gasteiger partial charge on any atom is 0.231 e. The lowest BCUT2D eigenvalue weighted by Crippen LogP contribution is -2.42. The Morgan fingerprint density at radius 3 is 2.72 bits per heavy atom. The third-order valence-corrected chi connectivity index (χ3v) is 5.53. The average Bonchev–Trinajstić information content (AvgIpc) is 3.25. The molecule has 3 aromatic rings. The lowest BCUT2D eigenvalue weighted by Gasteiger charge is -2.30. The number of nitrogens with zero attached hydrogens (tertiary/aromatic N) is 5. The number of nitrogens with one attached hydrogen (secondary N) is 1. The van der Waals surface area contributed by atoms with E-state index in [-0.39, 0.29) is 24.3 Å². The fourth-order valence-corrected chi connectivity index (χ4v) is 3.72. The number of likely N-dealkylation sites (tertiary alicyclic amines) is 1. The summed E-state index contributed by atoms with van der Waals surface area (Å²) in [4.78, 5) is 25.5. The summed E-state index contributed by atoms with van der Waals surface area (Å²) in [6.07, 6.45) is 1.37. The van der Waals surface area contributed by atoms with Gasteiger partial charge in [-0.05, 0) is 31.0 Å². The molecule has 10 heteroatoms. The molecule has 1 aliphatic rings. The van der Waals surface area contributed by atoms with E-state index in [1.165, 1.54) is 0 Å². The molecule has 10 nitrogen and oxygen atoms in total. The van der Waals surface area contributed by atoms with Crippen LogP contribution in [0.4, 0.5) is 0 Å². The summed E-state index contributed by atoms with van der Waals surface area (Å²) in [6.45, 7) is 3.47. The number of benzene rings is 1. The maximum absolute atomic E-state index is 12.4. The van der Waals surface area contributed by atoms with E-state index in [0.717, 1.165) is 11.3 Å². The number of methoxy groups -OCH3 is 1. The summed E-state index contributed by atoms with van der Waals surface area (Å²) in [7, 11) is 1.61. The van der Waals surface area contributed by atoms with Crippen LogP contribution in [0.15, 0.2) is 36.4 Å². The highest BCUT2D eigenvalue weighted by Crippen LogP contribution is 2.23. The van der Waals surface area contributed by atoms with Gasteiger partial charge in [-0.15, -0.1) is 15.3 Å². The van der Waals surface area contributed by atoms with Crippen molar-refractivity contribution in [3.63, 3.8) is 0 Å². The van der Waals surface area contributed by atoms with Gasteiger partial charge in [-0.1, -0.05) is 12.1 Å². The number of ether oxygens (including phenoxy) is 2. The van der Waals surface area contributed by atoms with Gasteiger partial charge in [0.05, 0.1) is 13.7 Å². The molecule has 0 aliphatic carbocycles. The molecule has 1 saturated heterocycles. The molecule has 1 fully saturated rings. The molecular formula is C22H26N6O4. The maximum atomic E-state index is 12.4. The van der Waals surface area contributed by atoms with Crippen molar-refractivity contribution < 1.29 is 19.1 Å². The van der Waals surface area contributed by atoms with Crippen molar-refractivity contribution in [2.75, 3.05) is 33.4 Å². The Morgan fingerprint density at radius 1 is 1.16 bits per heavy atom. The van der Waals surface area contributed by atoms with Crippen molar-refractivity contribution in [1.29, 1.82) is 0 Å². The van der Waals surface area contributed by atoms with E-state index in [1.807, 2.05) is 24.3 Å². The number of carbonyl (C=O) groups excluding carboxylic acids is 2. The van der Waals surface area contributed by atoms with Crippen molar-refractivity contribution in [2.24, 2.45) is 5.92 Å². The monoisotopic (exact) mass is 438 g/mol. The SMILES string of the molecule is COc1cccc(-c2nnc3ccc(OCCNC(=O)C4CCN(C(C)=O)CC4)nn23)c1. The second-order valence-electron chi connectivity index (χ2n) is 7.62. The summed E-state index contributed by atoms with van der Waals surface area (Å²) >= 11 is 0. The van der Waals surface area contributed by atoms with Crippen LogP contribution in [0.25, 0.3) is 17.0 Å². The number of aromatic nitrogens is 4. The molecule has 2 amide bonds. The predicted molar refractivity (Wildman–Crippen MR) is 116 cm³/mol. The Labute approximate surface area is 185 Å². The highest BCUT2D eigenvalue weighted by molar-refractivity contribution is 5.79. The molecule has 0 atom stereocenters. The lowest BCUT2D eigenvalue weighted by atomic mass is 9.96. The first-order valence-electron chi connectivity index (χ1n) is 10.6. The van der Waals surface area contributed by atoms with Gasteiger partial charge in [0.15, 0.2) is 11.5 Å². The Bertz CT molecular complexity index is 1110. The molecule has 0 saturated carbocycles. The molecular weight excluding hydrogens is 412 g/mol. The molecule has 4 rings (SSSR count). The second kappa shape index (κ2) is 9.63. The fraction of sp³-hybridized carbons (Fsp3) is 0.409. The van der Waals surface area contributed by atoms with Gasteiger partial charge >= 0.3 is 0 Å². The summed E-state index contributed by atoms with van der Waals surface area (Å²) in [5.41, 5.74) is 1.42. The second-order valence-corrected chi connectivity index (χ2v) is 7.62. The van der Waals surface area contributed by atoms with E-state index in [9.17, 15) is 9.59 Å². The van der Waals surface area contributed by atoms with Crippen LogP contribution in [-0.2, 0) is 9.59 Å². The number of fused-ring (bicyclic) bond motifs is 1. The molecule has 0 bridgehead atoms. The van der Waals surface area contributed by atoms with E-state index in [0.29, 0.717) is 49.8 Å². The van der Waals surface area contributed by atoms with Crippen LogP contribution < -0.4 is 14.8 Å². The first-order valence-corrected chi connectivity index (χ1v) is 10.6. The van der Waals surface area contributed by atoms with Gasteiger partial charge in [0.2, 0.25) is 17.7 Å². The molecule has 3 heterocycles. The standard InChI is InChI=1S/C22H26N6O4/c1-15(29)27-11-8-16(9-12-27)22(30)23-10-13-32-20-7-6-19-24-25-21(28(19)26-20)17-4-3-5-18(14-17)31-2/h3-7,14,16H,8-13H2,1-2H3,(H,23,30). The quantitative estimate of drug-likeness (QED) is 0.557. The zero-order valence-corrected chi connectivity index (χ0v) is 18.2. The van der Waals surface area contributed by atoms with Crippen LogP contribution in [0.2, 0.25) is 0 Å². The van der Waals surface area contributed by atoms with Crippen LogP contribution in [0.5, 0.6) is 11.6 Å². The molecule has 0 unspecified atom stereocenters. The Hall–Kier alpha value is -3.69. The lowest BCUT2D eigenvalue weighted by molar-refractivity contribution is -0.133. The number of amides is 2. The molecule has 1 aromatic carbocycles. The highest BCUT2D eigenvalue weighted by atomic mass is 16.5. The largest absolute Gasteiger partial charge is 0.497 e. The highest BCUT2D eigenvalue weighted by Gasteiger charge is 2.25. The van der Waals surface area contributed by atoms with Gasteiger partial charge < -0.3 is 19.7 Å². The van der Waals surface area contributed by atoms with Gasteiger partial charge in [0.1, 0.15) is 12.4 Å². The third-order valence-electron chi connectivity index (χ3n) is 5.53. The van der Waals surface area contributed by atoms with Gasteiger partial charge in [0.25, 0.3) is 0 Å². The van der Waals surface area contributed by atoms with Crippen molar-refractivity contribution in [1.82, 2.24) is 30.0 Å². The molecule has 0 spiro atoms. The van der Waals surface area contributed by atoms with E-state index < -0.39 is 0 Å². The number of carbonyl (C=O) groups is 2. The van der Waals surface area contributed by atoms with Crippen LogP contribution in [0, 0.1) is 5.92 Å². The first kappa shape index (κ1) is 21.5. The number of piperidine rings is 1. The zero-order valence-electron chi connectivity index (χ0n) is 18.2. The van der Waals surface area contributed by atoms with Gasteiger partial charge in [-0.2, -0.15) is 4.52 Å². The summed E-state index contributed by atoms with van der Waals surface area (Å²) in [5.74, 6) is 1.70. The van der Waals surface area contributed by atoms with Gasteiger partial charge in [-0.25, -0.2) is 0 Å².